The highest BCUT2D eigenvalue weighted by Crippen LogP contribution is 2.43. The second-order valence-corrected chi connectivity index (χ2v) is 11.3. The van der Waals surface area contributed by atoms with Crippen molar-refractivity contribution >= 4 is 44.8 Å². The van der Waals surface area contributed by atoms with Gasteiger partial charge in [-0.3, -0.25) is 9.59 Å². The van der Waals surface area contributed by atoms with Crippen LogP contribution in [-0.2, 0) is 22.4 Å². The number of halogens is 4. The lowest BCUT2D eigenvalue weighted by molar-refractivity contribution is -0.116. The van der Waals surface area contributed by atoms with E-state index in [9.17, 15) is 27.2 Å². The second-order valence-electron chi connectivity index (χ2n) is 9.30. The van der Waals surface area contributed by atoms with Gasteiger partial charge in [-0.05, 0) is 43.5 Å². The van der Waals surface area contributed by atoms with Crippen molar-refractivity contribution in [3.63, 3.8) is 0 Å². The molecule has 0 radical (unpaired) electrons. The summed E-state index contributed by atoms with van der Waals surface area (Å²) >= 11 is 2.42. The van der Waals surface area contributed by atoms with Gasteiger partial charge in [0.25, 0.3) is 0 Å². The van der Waals surface area contributed by atoms with Crippen molar-refractivity contribution in [2.75, 3.05) is 10.6 Å². The minimum atomic E-state index is -0.792. The van der Waals surface area contributed by atoms with Crippen LogP contribution < -0.4 is 10.6 Å². The molecule has 2 amide bonds. The number of aromatic nitrogens is 4. The molecule has 4 aromatic rings. The Morgan fingerprint density at radius 1 is 0.700 bits per heavy atom. The number of carbonyl (C=O) groups is 2. The standard InChI is InChI=1S/C26H22F4N6O2S2/c27-17-6-2-7-18(28)15(17)11-21(37)31-25-35-33-23(39-25)13-4-1-5-14(10-13)24-34-36-26(40-24)32-22(38)12-16-19(29)8-3-9-20(16)30/h2-3,6-9,13-14H,1,4-5,10-12H2,(H,31,35,37)(H,32,36,38)/t13-,14-/m1/s1. The molecule has 2 aromatic carbocycles. The summed E-state index contributed by atoms with van der Waals surface area (Å²) in [5.41, 5.74) is -0.626. The molecular formula is C26H22F4N6O2S2. The van der Waals surface area contributed by atoms with E-state index in [1.807, 2.05) is 0 Å². The topological polar surface area (TPSA) is 110 Å². The molecule has 208 valence electrons. The maximum Gasteiger partial charge on any atom is 0.230 e. The average Bonchev–Trinajstić information content (AvgIpc) is 3.59. The van der Waals surface area contributed by atoms with Gasteiger partial charge in [0.15, 0.2) is 0 Å². The largest absolute Gasteiger partial charge is 0.300 e. The quantitative estimate of drug-likeness (QED) is 0.253. The van der Waals surface area contributed by atoms with Gasteiger partial charge in [-0.15, -0.1) is 20.4 Å². The van der Waals surface area contributed by atoms with Crippen LogP contribution in [0.4, 0.5) is 27.8 Å². The van der Waals surface area contributed by atoms with Gasteiger partial charge in [0.1, 0.15) is 33.3 Å². The lowest BCUT2D eigenvalue weighted by atomic mass is 9.82. The van der Waals surface area contributed by atoms with Crippen molar-refractivity contribution in [2.45, 2.75) is 50.4 Å². The molecule has 1 aliphatic rings. The van der Waals surface area contributed by atoms with E-state index in [1.54, 1.807) is 0 Å². The highest BCUT2D eigenvalue weighted by atomic mass is 32.1. The second kappa shape index (κ2) is 12.2. The Hall–Kier alpha value is -3.78. The van der Waals surface area contributed by atoms with Gasteiger partial charge in [0, 0.05) is 23.0 Å². The van der Waals surface area contributed by atoms with Gasteiger partial charge in [0.05, 0.1) is 12.8 Å². The number of rotatable bonds is 8. The lowest BCUT2D eigenvalue weighted by Gasteiger charge is -2.25. The molecule has 1 aliphatic carbocycles. The molecular weight excluding hydrogens is 568 g/mol. The first-order valence-corrected chi connectivity index (χ1v) is 14.0. The normalized spacial score (nSPS) is 17.0. The molecule has 2 atom stereocenters. The van der Waals surface area contributed by atoms with Gasteiger partial charge in [-0.1, -0.05) is 41.2 Å². The number of nitrogens with one attached hydrogen (secondary N) is 2. The summed E-state index contributed by atoms with van der Waals surface area (Å²) in [6.45, 7) is 0. The van der Waals surface area contributed by atoms with Crippen molar-refractivity contribution in [3.8, 4) is 0 Å². The first-order valence-electron chi connectivity index (χ1n) is 12.4. The third-order valence-corrected chi connectivity index (χ3v) is 8.55. The van der Waals surface area contributed by atoms with Crippen LogP contribution in [-0.4, -0.2) is 32.2 Å². The van der Waals surface area contributed by atoms with Gasteiger partial charge >= 0.3 is 0 Å². The summed E-state index contributed by atoms with van der Waals surface area (Å²) in [5, 5.41) is 23.5. The zero-order chi connectivity index (χ0) is 28.2. The zero-order valence-electron chi connectivity index (χ0n) is 20.8. The van der Waals surface area contributed by atoms with Gasteiger partial charge in [-0.2, -0.15) is 0 Å². The van der Waals surface area contributed by atoms with E-state index in [-0.39, 0.29) is 33.2 Å². The Kier molecular flexibility index (Phi) is 8.45. The fourth-order valence-corrected chi connectivity index (χ4v) is 6.40. The summed E-state index contributed by atoms with van der Waals surface area (Å²) < 4.78 is 55.4. The van der Waals surface area contributed by atoms with E-state index in [4.69, 9.17) is 0 Å². The third-order valence-electron chi connectivity index (χ3n) is 6.54. The predicted molar refractivity (Wildman–Crippen MR) is 141 cm³/mol. The first kappa shape index (κ1) is 27.8. The number of hydrogen-bond acceptors (Lipinski definition) is 8. The predicted octanol–water partition coefficient (Wildman–Crippen LogP) is 5.75. The lowest BCUT2D eigenvalue weighted by Crippen LogP contribution is -2.16. The average molecular weight is 591 g/mol. The Morgan fingerprint density at radius 2 is 1.10 bits per heavy atom. The molecule has 2 aromatic heterocycles. The summed E-state index contributed by atoms with van der Waals surface area (Å²) in [4.78, 5) is 24.7. The Balaban J connectivity index is 1.17. The maximum absolute atomic E-state index is 13.9. The third kappa shape index (κ3) is 6.50. The molecule has 1 saturated carbocycles. The van der Waals surface area contributed by atoms with Crippen LogP contribution in [0.3, 0.4) is 0 Å². The number of benzene rings is 2. The smallest absolute Gasteiger partial charge is 0.230 e. The molecule has 0 saturated heterocycles. The minimum Gasteiger partial charge on any atom is -0.300 e. The van der Waals surface area contributed by atoms with Crippen molar-refractivity contribution in [1.82, 2.24) is 20.4 Å². The molecule has 14 heteroatoms. The number of nitrogens with zero attached hydrogens (tertiary/aromatic N) is 4. The molecule has 0 aliphatic heterocycles. The van der Waals surface area contributed by atoms with Gasteiger partial charge in [-0.25, -0.2) is 17.6 Å². The van der Waals surface area contributed by atoms with Crippen molar-refractivity contribution in [1.29, 1.82) is 0 Å². The van der Waals surface area contributed by atoms with Crippen molar-refractivity contribution in [3.05, 3.63) is 80.8 Å². The molecule has 2 N–H and O–H groups in total. The highest BCUT2D eigenvalue weighted by molar-refractivity contribution is 7.15. The van der Waals surface area contributed by atoms with E-state index in [0.29, 0.717) is 6.42 Å². The molecule has 5 rings (SSSR count). The SMILES string of the molecule is O=C(Cc1c(F)cccc1F)Nc1nnc([C@@H]2CCC[C@@H](c3nnc(NC(=O)Cc4c(F)cccc4F)s3)C2)s1. The molecule has 40 heavy (non-hydrogen) atoms. The van der Waals surface area contributed by atoms with Crippen molar-refractivity contribution < 1.29 is 27.2 Å². The first-order chi connectivity index (χ1) is 19.3. The summed E-state index contributed by atoms with van der Waals surface area (Å²) in [5.74, 6) is -4.27. The molecule has 0 spiro atoms. The van der Waals surface area contributed by atoms with Crippen LogP contribution in [0.2, 0.25) is 0 Å². The molecule has 0 bridgehead atoms. The Morgan fingerprint density at radius 3 is 1.50 bits per heavy atom. The Labute approximate surface area is 233 Å². The molecule has 2 heterocycles. The van der Waals surface area contributed by atoms with E-state index in [2.05, 4.69) is 31.0 Å². The van der Waals surface area contributed by atoms with Crippen LogP contribution in [0.5, 0.6) is 0 Å². The summed E-state index contributed by atoms with van der Waals surface area (Å²) in [6.07, 6.45) is 2.36. The summed E-state index contributed by atoms with van der Waals surface area (Å²) in [7, 11) is 0. The van der Waals surface area contributed by atoms with Gasteiger partial charge < -0.3 is 10.6 Å². The number of carbonyl (C=O) groups excluding carboxylic acids is 2. The zero-order valence-corrected chi connectivity index (χ0v) is 22.4. The van der Waals surface area contributed by atoms with E-state index >= 15 is 0 Å². The Bertz CT molecular complexity index is 1390. The van der Waals surface area contributed by atoms with E-state index in [1.165, 1.54) is 34.8 Å². The monoisotopic (exact) mass is 590 g/mol. The number of amides is 2. The summed E-state index contributed by atoms with van der Waals surface area (Å²) in [6, 6.07) is 6.84. The van der Waals surface area contributed by atoms with Crippen LogP contribution in [0, 0.1) is 23.3 Å². The van der Waals surface area contributed by atoms with Crippen LogP contribution >= 0.6 is 22.7 Å². The van der Waals surface area contributed by atoms with E-state index < -0.39 is 47.9 Å². The van der Waals surface area contributed by atoms with E-state index in [0.717, 1.165) is 53.5 Å². The molecule has 8 nitrogen and oxygen atoms in total. The van der Waals surface area contributed by atoms with Crippen LogP contribution in [0.25, 0.3) is 0 Å². The fourth-order valence-electron chi connectivity index (χ4n) is 4.59. The van der Waals surface area contributed by atoms with Crippen LogP contribution in [0.1, 0.15) is 58.7 Å². The maximum atomic E-state index is 13.9. The number of anilines is 2. The van der Waals surface area contributed by atoms with Gasteiger partial charge in [0.2, 0.25) is 22.1 Å². The highest BCUT2D eigenvalue weighted by Gasteiger charge is 2.29. The molecule has 0 unspecified atom stereocenters. The van der Waals surface area contributed by atoms with Crippen molar-refractivity contribution in [2.24, 2.45) is 0 Å². The number of hydrogen-bond donors (Lipinski definition) is 2. The van der Waals surface area contributed by atoms with Crippen LogP contribution in [0.15, 0.2) is 36.4 Å². The molecule has 1 fully saturated rings. The fraction of sp³-hybridized carbons (Fsp3) is 0.308. The minimum absolute atomic E-state index is 0.0527.